The number of aromatic nitrogens is 3. The zero-order chi connectivity index (χ0) is 28.8. The first kappa shape index (κ1) is 26.2. The molecule has 0 bridgehead atoms. The molecule has 3 heterocycles. The highest BCUT2D eigenvalue weighted by atomic mass is 16.3. The highest BCUT2D eigenvalue weighted by Crippen LogP contribution is 2.43. The van der Waals surface area contributed by atoms with Crippen LogP contribution in [0.15, 0.2) is 122 Å². The van der Waals surface area contributed by atoms with E-state index in [1.165, 1.54) is 0 Å². The molecule has 208 valence electrons. The number of para-hydroxylation sites is 1. The number of hydrogen-bond acceptors (Lipinski definition) is 3. The lowest BCUT2D eigenvalue weighted by Gasteiger charge is -2.38. The molecule has 2 unspecified atom stereocenters. The van der Waals surface area contributed by atoms with E-state index in [1.807, 2.05) is 54.2 Å². The van der Waals surface area contributed by atoms with Crippen molar-refractivity contribution in [3.63, 3.8) is 0 Å². The van der Waals surface area contributed by atoms with Gasteiger partial charge in [0.15, 0.2) is 0 Å². The van der Waals surface area contributed by atoms with Crippen molar-refractivity contribution in [2.45, 2.75) is 38.3 Å². The quantitative estimate of drug-likeness (QED) is 0.222. The molecule has 0 fully saturated rings. The first-order chi connectivity index (χ1) is 20.5. The van der Waals surface area contributed by atoms with Gasteiger partial charge in [0.2, 0.25) is 5.91 Å². The summed E-state index contributed by atoms with van der Waals surface area (Å²) in [5.41, 5.74) is 6.96. The Kier molecular flexibility index (Phi) is 6.40. The van der Waals surface area contributed by atoms with Gasteiger partial charge in [-0.1, -0.05) is 109 Å². The van der Waals surface area contributed by atoms with E-state index in [0.29, 0.717) is 12.1 Å². The summed E-state index contributed by atoms with van der Waals surface area (Å²) in [6, 6.07) is 39.3. The summed E-state index contributed by atoms with van der Waals surface area (Å²) in [7, 11) is 0. The van der Waals surface area contributed by atoms with Gasteiger partial charge in [-0.05, 0) is 55.0 Å². The third kappa shape index (κ3) is 3.81. The number of aliphatic hydroxyl groups is 1. The van der Waals surface area contributed by atoms with Crippen LogP contribution >= 0.6 is 0 Å². The van der Waals surface area contributed by atoms with Crippen molar-refractivity contribution < 1.29 is 9.90 Å². The van der Waals surface area contributed by atoms with Gasteiger partial charge in [0.05, 0.1) is 23.5 Å². The summed E-state index contributed by atoms with van der Waals surface area (Å²) in [6.07, 6.45) is 2.10. The molecule has 0 saturated heterocycles. The molecule has 4 aromatic carbocycles. The van der Waals surface area contributed by atoms with Crippen LogP contribution in [0.5, 0.6) is 0 Å². The Labute approximate surface area is 245 Å². The van der Waals surface area contributed by atoms with Crippen LogP contribution in [0.4, 0.5) is 0 Å². The van der Waals surface area contributed by atoms with E-state index in [-0.39, 0.29) is 5.91 Å². The second-order valence-corrected chi connectivity index (χ2v) is 11.2. The van der Waals surface area contributed by atoms with Crippen LogP contribution in [0.1, 0.15) is 56.7 Å². The second-order valence-electron chi connectivity index (χ2n) is 11.2. The Balaban J connectivity index is 1.38. The van der Waals surface area contributed by atoms with Crippen molar-refractivity contribution in [1.82, 2.24) is 14.1 Å². The smallest absolute Gasteiger partial charge is 0.237 e. The highest BCUT2D eigenvalue weighted by molar-refractivity contribution is 5.97. The third-order valence-electron chi connectivity index (χ3n) is 9.12. The maximum atomic E-state index is 14.0. The third-order valence-corrected chi connectivity index (χ3v) is 9.12. The topological polar surface area (TPSA) is 60.1 Å². The first-order valence-electron chi connectivity index (χ1n) is 14.6. The number of imidazole rings is 1. The predicted molar refractivity (Wildman–Crippen MR) is 166 cm³/mol. The summed E-state index contributed by atoms with van der Waals surface area (Å²) in [4.78, 5) is 18.8. The van der Waals surface area contributed by atoms with Gasteiger partial charge in [-0.15, -0.1) is 0 Å². The molecular formula is C37H33N3O2. The van der Waals surface area contributed by atoms with Crippen LogP contribution in [0.2, 0.25) is 0 Å². The van der Waals surface area contributed by atoms with Crippen molar-refractivity contribution in [3.8, 4) is 0 Å². The van der Waals surface area contributed by atoms with Crippen LogP contribution in [0.25, 0.3) is 10.9 Å². The van der Waals surface area contributed by atoms with Gasteiger partial charge in [0.25, 0.3) is 0 Å². The van der Waals surface area contributed by atoms with Crippen LogP contribution in [-0.4, -0.2) is 25.1 Å². The first-order valence-corrected chi connectivity index (χ1v) is 14.6. The van der Waals surface area contributed by atoms with Crippen LogP contribution in [0.3, 0.4) is 0 Å². The minimum atomic E-state index is -1.03. The number of hydrogen-bond donors (Lipinski definition) is 1. The highest BCUT2D eigenvalue weighted by Gasteiger charge is 2.42. The van der Waals surface area contributed by atoms with Gasteiger partial charge >= 0.3 is 0 Å². The number of fused-ring (bicyclic) bond motifs is 3. The van der Waals surface area contributed by atoms with Gasteiger partial charge in [0.1, 0.15) is 11.6 Å². The molecule has 0 aliphatic carbocycles. The summed E-state index contributed by atoms with van der Waals surface area (Å²) < 4.78 is 4.00. The summed E-state index contributed by atoms with van der Waals surface area (Å²) >= 11 is 0. The van der Waals surface area contributed by atoms with Gasteiger partial charge in [-0.2, -0.15) is 0 Å². The number of benzene rings is 4. The molecular weight excluding hydrogens is 518 g/mol. The Morgan fingerprint density at radius 1 is 0.786 bits per heavy atom. The van der Waals surface area contributed by atoms with Crippen molar-refractivity contribution >= 4 is 16.8 Å². The van der Waals surface area contributed by atoms with E-state index in [1.54, 1.807) is 0 Å². The molecule has 5 nitrogen and oxygen atoms in total. The lowest BCUT2D eigenvalue weighted by molar-refractivity contribution is 0.0529. The minimum Gasteiger partial charge on any atom is -0.386 e. The van der Waals surface area contributed by atoms with Gasteiger partial charge in [-0.25, -0.2) is 4.98 Å². The van der Waals surface area contributed by atoms with Crippen molar-refractivity contribution in [2.75, 3.05) is 0 Å². The SMILES string of the molecule is Cc1c2n(c3ccccc13)C(=O)C(C(O)c1ncn(C(c3ccccc3)(c3ccccc3)c3ccccc3)c1C)CC2. The largest absolute Gasteiger partial charge is 0.386 e. The number of nitrogens with zero attached hydrogens (tertiary/aromatic N) is 3. The van der Waals surface area contributed by atoms with E-state index in [4.69, 9.17) is 4.98 Å². The molecule has 42 heavy (non-hydrogen) atoms. The fraction of sp³-hybridized carbons (Fsp3) is 0.189. The number of rotatable bonds is 6. The number of aliphatic hydroxyl groups excluding tert-OH is 1. The Hall–Kier alpha value is -4.74. The molecule has 6 aromatic rings. The minimum absolute atomic E-state index is 0.0672. The summed E-state index contributed by atoms with van der Waals surface area (Å²) in [6.45, 7) is 4.09. The van der Waals surface area contributed by atoms with Crippen molar-refractivity contribution in [2.24, 2.45) is 5.92 Å². The zero-order valence-corrected chi connectivity index (χ0v) is 23.8. The number of carbonyl (C=O) groups excluding carboxylic acids is 1. The van der Waals surface area contributed by atoms with E-state index < -0.39 is 17.6 Å². The average molecular weight is 552 g/mol. The summed E-state index contributed by atoms with van der Waals surface area (Å²) in [5, 5.41) is 13.0. The van der Waals surface area contributed by atoms with E-state index in [9.17, 15) is 9.90 Å². The fourth-order valence-electron chi connectivity index (χ4n) is 7.08. The Morgan fingerprint density at radius 3 is 1.88 bits per heavy atom. The predicted octanol–water partition coefficient (Wildman–Crippen LogP) is 7.23. The molecule has 1 aliphatic heterocycles. The van der Waals surface area contributed by atoms with E-state index in [2.05, 4.69) is 90.4 Å². The molecule has 0 saturated carbocycles. The summed E-state index contributed by atoms with van der Waals surface area (Å²) in [5.74, 6) is -0.656. The molecule has 7 rings (SSSR count). The number of carbonyl (C=O) groups is 1. The van der Waals surface area contributed by atoms with Crippen LogP contribution in [0, 0.1) is 19.8 Å². The monoisotopic (exact) mass is 551 g/mol. The van der Waals surface area contributed by atoms with Crippen LogP contribution < -0.4 is 0 Å². The molecule has 0 radical (unpaired) electrons. The molecule has 1 aliphatic rings. The molecule has 2 aromatic heterocycles. The molecule has 0 amide bonds. The maximum Gasteiger partial charge on any atom is 0.237 e. The lowest BCUT2D eigenvalue weighted by atomic mass is 9.76. The second kappa shape index (κ2) is 10.3. The molecule has 5 heteroatoms. The zero-order valence-electron chi connectivity index (χ0n) is 23.8. The van der Waals surface area contributed by atoms with Gasteiger partial charge in [0, 0.05) is 16.8 Å². The number of aryl methyl sites for hydroxylation is 1. The fourth-order valence-corrected chi connectivity index (χ4v) is 7.08. The maximum absolute atomic E-state index is 14.0. The van der Waals surface area contributed by atoms with Gasteiger partial charge in [-0.3, -0.25) is 9.36 Å². The lowest BCUT2D eigenvalue weighted by Crippen LogP contribution is -2.38. The van der Waals surface area contributed by atoms with E-state index >= 15 is 0 Å². The van der Waals surface area contributed by atoms with E-state index in [0.717, 1.165) is 51.0 Å². The molecule has 0 spiro atoms. The normalized spacial score (nSPS) is 16.0. The Morgan fingerprint density at radius 2 is 1.31 bits per heavy atom. The van der Waals surface area contributed by atoms with Crippen LogP contribution in [-0.2, 0) is 12.0 Å². The Bertz CT molecular complexity index is 1790. The van der Waals surface area contributed by atoms with Crippen molar-refractivity contribution in [3.05, 3.63) is 161 Å². The molecule has 2 atom stereocenters. The average Bonchev–Trinajstić information content (AvgIpc) is 3.57. The van der Waals surface area contributed by atoms with Gasteiger partial charge < -0.3 is 9.67 Å². The van der Waals surface area contributed by atoms with Crippen molar-refractivity contribution in [1.29, 1.82) is 0 Å². The molecule has 1 N–H and O–H groups in total. The standard InChI is InChI=1S/C37H33N3O2/c1-25-30-20-12-13-21-33(30)40-32(25)23-22-31(36(40)42)35(41)34-26(2)39(24-38-34)37(27-14-6-3-7-15-27,28-16-8-4-9-17-28)29-18-10-5-11-19-29/h3-21,24,31,35,41H,22-23H2,1-2H3.